The van der Waals surface area contributed by atoms with E-state index in [4.69, 9.17) is 19.2 Å². The average molecular weight is 442 g/mol. The van der Waals surface area contributed by atoms with Gasteiger partial charge in [0.15, 0.2) is 11.5 Å². The Morgan fingerprint density at radius 2 is 1.74 bits per heavy atom. The van der Waals surface area contributed by atoms with Crippen LogP contribution in [-0.2, 0) is 5.66 Å². The van der Waals surface area contributed by atoms with Crippen molar-refractivity contribution in [1.29, 1.82) is 5.26 Å². The number of nitrogens with one attached hydrogen (secondary N) is 1. The van der Waals surface area contributed by atoms with Crippen molar-refractivity contribution in [2.75, 3.05) is 59.9 Å². The summed E-state index contributed by atoms with van der Waals surface area (Å²) in [5.41, 5.74) is 1.70. The highest BCUT2D eigenvalue weighted by atomic mass is 32.1. The van der Waals surface area contributed by atoms with E-state index in [0.717, 1.165) is 47.9 Å². The van der Waals surface area contributed by atoms with Crippen LogP contribution in [0.1, 0.15) is 16.7 Å². The fourth-order valence-corrected chi connectivity index (χ4v) is 5.18. The Morgan fingerprint density at radius 1 is 1.10 bits per heavy atom. The van der Waals surface area contributed by atoms with Crippen molar-refractivity contribution >= 4 is 22.2 Å². The summed E-state index contributed by atoms with van der Waals surface area (Å²) in [6.07, 6.45) is 0. The van der Waals surface area contributed by atoms with Crippen molar-refractivity contribution in [3.63, 3.8) is 0 Å². The molecule has 1 N–H and O–H groups in total. The van der Waals surface area contributed by atoms with Crippen LogP contribution in [0.2, 0.25) is 0 Å². The van der Waals surface area contributed by atoms with Crippen LogP contribution in [0.5, 0.6) is 17.2 Å². The zero-order valence-corrected chi connectivity index (χ0v) is 19.3. The molecule has 0 saturated carbocycles. The molecule has 1 aromatic heterocycles. The van der Waals surface area contributed by atoms with Gasteiger partial charge >= 0.3 is 0 Å². The lowest BCUT2D eigenvalue weighted by atomic mass is 9.94. The molecule has 31 heavy (non-hydrogen) atoms. The third-order valence-electron chi connectivity index (χ3n) is 5.88. The van der Waals surface area contributed by atoms with Crippen LogP contribution in [0.3, 0.4) is 0 Å². The predicted molar refractivity (Wildman–Crippen MR) is 122 cm³/mol. The highest BCUT2D eigenvalue weighted by Gasteiger charge is 2.46. The average Bonchev–Trinajstić information content (AvgIpc) is 3.19. The molecule has 0 radical (unpaired) electrons. The van der Waals surface area contributed by atoms with E-state index in [2.05, 4.69) is 33.6 Å². The quantitative estimate of drug-likeness (QED) is 0.764. The number of likely N-dealkylation sites (N-methyl/N-ethyl adjacent to an activating group) is 1. The van der Waals surface area contributed by atoms with Crippen molar-refractivity contribution in [3.05, 3.63) is 34.2 Å². The van der Waals surface area contributed by atoms with Crippen molar-refractivity contribution in [1.82, 2.24) is 9.80 Å². The van der Waals surface area contributed by atoms with Crippen LogP contribution in [0.15, 0.2) is 22.5 Å². The fraction of sp³-hybridized carbons (Fsp3) is 0.455. The minimum absolute atomic E-state index is 0.517. The summed E-state index contributed by atoms with van der Waals surface area (Å²) in [7, 11) is 6.85. The minimum Gasteiger partial charge on any atom is -0.493 e. The second-order valence-corrected chi connectivity index (χ2v) is 8.58. The number of fused-ring (bicyclic) bond motifs is 1. The molecule has 0 amide bonds. The number of aliphatic imine (C=N–C) groups is 1. The van der Waals surface area contributed by atoms with Crippen LogP contribution in [0.4, 0.5) is 5.00 Å². The molecule has 0 spiro atoms. The SMILES string of the molecule is COc1cc(C2=NC(C#N)(N3CCN(C)CC3)c3c(C)csc3N2)cc(OC)c1OC. The molecule has 0 aliphatic carbocycles. The number of nitrogens with zero attached hydrogens (tertiary/aromatic N) is 4. The Balaban J connectivity index is 1.88. The molecule has 2 aromatic rings. The number of benzene rings is 1. The van der Waals surface area contributed by atoms with Gasteiger partial charge in [0.1, 0.15) is 16.9 Å². The van der Waals surface area contributed by atoms with Gasteiger partial charge in [-0.05, 0) is 37.0 Å². The fourth-order valence-electron chi connectivity index (χ4n) is 4.19. The molecule has 1 unspecified atom stereocenters. The van der Waals surface area contributed by atoms with E-state index in [1.54, 1.807) is 32.7 Å². The summed E-state index contributed by atoms with van der Waals surface area (Å²) in [5, 5.41) is 17.0. The van der Waals surface area contributed by atoms with E-state index in [1.165, 1.54) is 0 Å². The number of hydrogen-bond acceptors (Lipinski definition) is 9. The maximum absolute atomic E-state index is 10.5. The van der Waals surface area contributed by atoms with Gasteiger partial charge in [0.2, 0.25) is 11.4 Å². The lowest BCUT2D eigenvalue weighted by Gasteiger charge is -2.43. The molecule has 3 heterocycles. The number of nitriles is 1. The Kier molecular flexibility index (Phi) is 5.79. The van der Waals surface area contributed by atoms with E-state index in [9.17, 15) is 5.26 Å². The van der Waals surface area contributed by atoms with E-state index < -0.39 is 5.66 Å². The largest absolute Gasteiger partial charge is 0.493 e. The summed E-state index contributed by atoms with van der Waals surface area (Å²) < 4.78 is 16.5. The first-order valence-electron chi connectivity index (χ1n) is 10.1. The van der Waals surface area contributed by atoms with Crippen LogP contribution >= 0.6 is 11.3 Å². The Bertz CT molecular complexity index is 1030. The van der Waals surface area contributed by atoms with Gasteiger partial charge in [-0.2, -0.15) is 5.26 Å². The van der Waals surface area contributed by atoms with Gasteiger partial charge in [-0.1, -0.05) is 0 Å². The van der Waals surface area contributed by atoms with E-state index in [0.29, 0.717) is 23.1 Å². The monoisotopic (exact) mass is 441 g/mol. The predicted octanol–water partition coefficient (Wildman–Crippen LogP) is 2.88. The number of ether oxygens (including phenoxy) is 3. The lowest BCUT2D eigenvalue weighted by molar-refractivity contribution is 0.0766. The minimum atomic E-state index is -1.08. The lowest BCUT2D eigenvalue weighted by Crippen LogP contribution is -2.55. The molecule has 1 aromatic carbocycles. The summed E-state index contributed by atoms with van der Waals surface area (Å²) in [6, 6.07) is 6.27. The molecule has 8 nitrogen and oxygen atoms in total. The number of amidine groups is 1. The van der Waals surface area contributed by atoms with Gasteiger partial charge < -0.3 is 24.4 Å². The zero-order chi connectivity index (χ0) is 22.2. The van der Waals surface area contributed by atoms with Crippen LogP contribution in [0, 0.1) is 18.3 Å². The zero-order valence-electron chi connectivity index (χ0n) is 18.5. The van der Waals surface area contributed by atoms with Gasteiger partial charge in [0.05, 0.1) is 21.3 Å². The van der Waals surface area contributed by atoms with Crippen molar-refractivity contribution in [3.8, 4) is 23.3 Å². The number of anilines is 1. The molecule has 4 rings (SSSR count). The number of methoxy groups -OCH3 is 3. The Morgan fingerprint density at radius 3 is 2.29 bits per heavy atom. The van der Waals surface area contributed by atoms with Gasteiger partial charge in [-0.3, -0.25) is 4.90 Å². The summed E-state index contributed by atoms with van der Waals surface area (Å²) in [6.45, 7) is 5.36. The third-order valence-corrected chi connectivity index (χ3v) is 6.90. The molecular formula is C22H27N5O3S. The molecule has 1 fully saturated rings. The van der Waals surface area contributed by atoms with Gasteiger partial charge in [0, 0.05) is 37.3 Å². The number of rotatable bonds is 5. The first-order valence-corrected chi connectivity index (χ1v) is 11.0. The third kappa shape index (κ3) is 3.51. The van der Waals surface area contributed by atoms with Crippen LogP contribution in [0.25, 0.3) is 0 Å². The first-order chi connectivity index (χ1) is 15.0. The van der Waals surface area contributed by atoms with Crippen LogP contribution < -0.4 is 19.5 Å². The Hall–Kier alpha value is -2.80. The van der Waals surface area contributed by atoms with Gasteiger partial charge in [-0.15, -0.1) is 11.3 Å². The van der Waals surface area contributed by atoms with Crippen LogP contribution in [-0.4, -0.2) is 70.2 Å². The van der Waals surface area contributed by atoms with Gasteiger partial charge in [-0.25, -0.2) is 4.99 Å². The molecule has 2 aliphatic heterocycles. The molecule has 9 heteroatoms. The molecule has 0 bridgehead atoms. The first kappa shape index (κ1) is 21.4. The molecule has 1 atom stereocenters. The maximum Gasteiger partial charge on any atom is 0.232 e. The van der Waals surface area contributed by atoms with E-state index in [-0.39, 0.29) is 0 Å². The highest BCUT2D eigenvalue weighted by Crippen LogP contribution is 2.45. The van der Waals surface area contributed by atoms with Crippen molar-refractivity contribution in [2.24, 2.45) is 4.99 Å². The standard InChI is InChI=1S/C22H27N5O3S/c1-14-12-31-21-18(14)22(13-23,27-8-6-26(2)7-9-27)25-20(24-21)15-10-16(28-3)19(30-5)17(11-15)29-4/h10-12H,6-9H2,1-5H3,(H,24,25). The Labute approximate surface area is 186 Å². The number of thiophene rings is 1. The molecular weight excluding hydrogens is 414 g/mol. The number of piperazine rings is 1. The summed E-state index contributed by atoms with van der Waals surface area (Å²) in [4.78, 5) is 9.49. The second kappa shape index (κ2) is 8.38. The maximum atomic E-state index is 10.5. The summed E-state index contributed by atoms with van der Waals surface area (Å²) >= 11 is 1.59. The van der Waals surface area contributed by atoms with Crippen molar-refractivity contribution < 1.29 is 14.2 Å². The number of hydrogen-bond donors (Lipinski definition) is 1. The second-order valence-electron chi connectivity index (χ2n) is 7.70. The van der Waals surface area contributed by atoms with E-state index in [1.807, 2.05) is 19.1 Å². The van der Waals surface area contributed by atoms with E-state index >= 15 is 0 Å². The smallest absolute Gasteiger partial charge is 0.232 e. The topological polar surface area (TPSA) is 82.4 Å². The molecule has 2 aliphatic rings. The molecule has 1 saturated heterocycles. The molecule has 164 valence electrons. The highest BCUT2D eigenvalue weighted by molar-refractivity contribution is 7.14. The van der Waals surface area contributed by atoms with Crippen molar-refractivity contribution in [2.45, 2.75) is 12.6 Å². The van der Waals surface area contributed by atoms with Gasteiger partial charge in [0.25, 0.3) is 0 Å². The number of aryl methyl sites for hydroxylation is 1. The summed E-state index contributed by atoms with van der Waals surface area (Å²) in [5.74, 6) is 2.20. The normalized spacial score (nSPS) is 21.5.